The average Bonchev–Trinajstić information content (AvgIpc) is 2.90. The molecule has 0 bridgehead atoms. The number of ether oxygens (including phenoxy) is 1. The number of rotatable bonds is 2. The number of H-pyrrole nitrogens is 1. The van der Waals surface area contributed by atoms with Gasteiger partial charge in [-0.05, 0) is 44.9 Å². The predicted octanol–water partition coefficient (Wildman–Crippen LogP) is 3.45. The second kappa shape index (κ2) is 4.93. The van der Waals surface area contributed by atoms with Crippen LogP contribution in [0.5, 0.6) is 0 Å². The Balaban J connectivity index is 1.85. The van der Waals surface area contributed by atoms with Crippen molar-refractivity contribution in [1.29, 1.82) is 0 Å². The molecule has 2 aliphatic rings. The summed E-state index contributed by atoms with van der Waals surface area (Å²) in [5.41, 5.74) is 2.71. The molecule has 3 heteroatoms. The molecule has 2 heterocycles. The third kappa shape index (κ3) is 2.22. The van der Waals surface area contributed by atoms with Gasteiger partial charge in [0.05, 0.1) is 17.9 Å². The van der Waals surface area contributed by atoms with Crippen LogP contribution < -0.4 is 0 Å². The molecule has 0 radical (unpaired) electrons. The lowest BCUT2D eigenvalue weighted by Gasteiger charge is -2.19. The first-order valence-electron chi connectivity index (χ1n) is 7.83. The van der Waals surface area contributed by atoms with Crippen LogP contribution in [0.1, 0.15) is 63.7 Å². The molecule has 0 saturated carbocycles. The summed E-state index contributed by atoms with van der Waals surface area (Å²) < 4.78 is 5.95. The van der Waals surface area contributed by atoms with Crippen LogP contribution in [0.3, 0.4) is 0 Å². The van der Waals surface area contributed by atoms with Crippen molar-refractivity contribution < 1.29 is 4.74 Å². The molecule has 5 unspecified atom stereocenters. The molecule has 3 nitrogen and oxygen atoms in total. The highest BCUT2D eigenvalue weighted by atomic mass is 16.5. The molecule has 106 valence electrons. The third-order valence-electron chi connectivity index (χ3n) is 5.30. The summed E-state index contributed by atoms with van der Waals surface area (Å²) in [4.78, 5) is 8.53. The molecule has 1 aromatic rings. The average molecular weight is 262 g/mol. The summed E-state index contributed by atoms with van der Waals surface area (Å²) in [5.74, 6) is 2.99. The van der Waals surface area contributed by atoms with E-state index in [0.29, 0.717) is 17.9 Å². The second-order valence-corrected chi connectivity index (χ2v) is 6.50. The van der Waals surface area contributed by atoms with Crippen molar-refractivity contribution in [3.63, 3.8) is 0 Å². The molecular weight excluding hydrogens is 236 g/mol. The molecule has 1 N–H and O–H groups in total. The van der Waals surface area contributed by atoms with Crippen LogP contribution in [0, 0.1) is 11.8 Å². The number of nitrogens with zero attached hydrogens (tertiary/aromatic N) is 1. The predicted molar refractivity (Wildman–Crippen MR) is 76.3 cm³/mol. The van der Waals surface area contributed by atoms with Gasteiger partial charge in [0.15, 0.2) is 0 Å². The second-order valence-electron chi connectivity index (χ2n) is 6.50. The van der Waals surface area contributed by atoms with E-state index in [2.05, 4.69) is 32.7 Å². The fraction of sp³-hybridized carbons (Fsp3) is 0.812. The van der Waals surface area contributed by atoms with Crippen molar-refractivity contribution in [3.05, 3.63) is 17.2 Å². The number of nitrogens with one attached hydrogen (secondary N) is 1. The Bertz CT molecular complexity index is 454. The minimum absolute atomic E-state index is 0.277. The van der Waals surface area contributed by atoms with Gasteiger partial charge in [0.2, 0.25) is 0 Å². The van der Waals surface area contributed by atoms with E-state index < -0.39 is 0 Å². The van der Waals surface area contributed by atoms with Crippen molar-refractivity contribution >= 4 is 0 Å². The van der Waals surface area contributed by atoms with Gasteiger partial charge < -0.3 is 9.72 Å². The lowest BCUT2D eigenvalue weighted by Crippen LogP contribution is -2.16. The van der Waals surface area contributed by atoms with Gasteiger partial charge in [-0.25, -0.2) is 4.98 Å². The molecule has 0 amide bonds. The van der Waals surface area contributed by atoms with Gasteiger partial charge in [-0.2, -0.15) is 0 Å². The summed E-state index contributed by atoms with van der Waals surface area (Å²) in [6, 6.07) is 0. The Morgan fingerprint density at radius 2 is 2.05 bits per heavy atom. The fourth-order valence-electron chi connectivity index (χ4n) is 3.82. The van der Waals surface area contributed by atoms with E-state index in [1.54, 1.807) is 0 Å². The van der Waals surface area contributed by atoms with Crippen LogP contribution in [0.4, 0.5) is 0 Å². The lowest BCUT2D eigenvalue weighted by atomic mass is 9.88. The topological polar surface area (TPSA) is 37.9 Å². The molecule has 1 fully saturated rings. The van der Waals surface area contributed by atoms with Gasteiger partial charge in [-0.1, -0.05) is 20.3 Å². The van der Waals surface area contributed by atoms with E-state index in [1.165, 1.54) is 36.5 Å². The highest BCUT2D eigenvalue weighted by molar-refractivity contribution is 5.22. The maximum atomic E-state index is 5.95. The Kier molecular flexibility index (Phi) is 3.42. The van der Waals surface area contributed by atoms with Crippen molar-refractivity contribution in [2.75, 3.05) is 0 Å². The highest BCUT2D eigenvalue weighted by Gasteiger charge is 2.40. The molecule has 0 spiro atoms. The van der Waals surface area contributed by atoms with Gasteiger partial charge in [0.25, 0.3) is 0 Å². The molecule has 1 aliphatic carbocycles. The summed E-state index contributed by atoms with van der Waals surface area (Å²) in [7, 11) is 0. The maximum Gasteiger partial charge on any atom is 0.112 e. The van der Waals surface area contributed by atoms with Crippen LogP contribution in [0.2, 0.25) is 0 Å². The van der Waals surface area contributed by atoms with Crippen molar-refractivity contribution in [1.82, 2.24) is 9.97 Å². The first-order chi connectivity index (χ1) is 9.10. The monoisotopic (exact) mass is 262 g/mol. The Morgan fingerprint density at radius 3 is 2.68 bits per heavy atom. The van der Waals surface area contributed by atoms with Gasteiger partial charge in [-0.15, -0.1) is 0 Å². The van der Waals surface area contributed by atoms with Crippen molar-refractivity contribution in [3.8, 4) is 0 Å². The fourth-order valence-corrected chi connectivity index (χ4v) is 3.82. The van der Waals surface area contributed by atoms with Crippen molar-refractivity contribution in [2.24, 2.45) is 11.8 Å². The van der Waals surface area contributed by atoms with Crippen molar-refractivity contribution in [2.45, 2.75) is 71.5 Å². The Morgan fingerprint density at radius 1 is 1.26 bits per heavy atom. The number of aromatic nitrogens is 2. The van der Waals surface area contributed by atoms with E-state index in [9.17, 15) is 0 Å². The maximum absolute atomic E-state index is 5.95. The third-order valence-corrected chi connectivity index (χ3v) is 5.30. The summed E-state index contributed by atoms with van der Waals surface area (Å²) >= 11 is 0. The number of fused-ring (bicyclic) bond motifs is 1. The zero-order valence-corrected chi connectivity index (χ0v) is 12.6. The van der Waals surface area contributed by atoms with E-state index in [4.69, 9.17) is 9.72 Å². The van der Waals surface area contributed by atoms with E-state index in [0.717, 1.165) is 12.3 Å². The molecular formula is C16H26N2O. The standard InChI is InChI=1S/C16H26N2O/c1-5-12-6-7-13-14(8-12)18-16(17-13)15-9(2)10(3)19-11(15)4/h9-12,15H,5-8H2,1-4H3,(H,17,18). The number of aryl methyl sites for hydroxylation is 1. The van der Waals surface area contributed by atoms with E-state index in [1.807, 2.05) is 0 Å². The first kappa shape index (κ1) is 13.2. The van der Waals surface area contributed by atoms with Crippen LogP contribution >= 0.6 is 0 Å². The number of aromatic amines is 1. The van der Waals surface area contributed by atoms with Gasteiger partial charge in [-0.3, -0.25) is 0 Å². The minimum atomic E-state index is 0.277. The minimum Gasteiger partial charge on any atom is -0.374 e. The van der Waals surface area contributed by atoms with E-state index >= 15 is 0 Å². The molecule has 19 heavy (non-hydrogen) atoms. The molecule has 0 aromatic carbocycles. The highest BCUT2D eigenvalue weighted by Crippen LogP contribution is 2.39. The Labute approximate surface area is 116 Å². The molecule has 1 aromatic heterocycles. The van der Waals surface area contributed by atoms with Gasteiger partial charge >= 0.3 is 0 Å². The SMILES string of the molecule is CCC1CCc2nc(C3C(C)OC(C)C3C)[nH]c2C1. The van der Waals surface area contributed by atoms with Gasteiger partial charge in [0.1, 0.15) is 5.82 Å². The molecule has 5 atom stereocenters. The molecule has 1 saturated heterocycles. The van der Waals surface area contributed by atoms with Crippen LogP contribution in [0.25, 0.3) is 0 Å². The number of hydrogen-bond donors (Lipinski definition) is 1. The summed E-state index contributed by atoms with van der Waals surface area (Å²) in [6.45, 7) is 8.94. The van der Waals surface area contributed by atoms with Gasteiger partial charge in [0, 0.05) is 11.6 Å². The largest absolute Gasteiger partial charge is 0.374 e. The number of imidazole rings is 1. The zero-order valence-electron chi connectivity index (χ0n) is 12.6. The lowest BCUT2D eigenvalue weighted by molar-refractivity contribution is 0.0553. The first-order valence-corrected chi connectivity index (χ1v) is 7.83. The van der Waals surface area contributed by atoms with Crippen LogP contribution in [-0.4, -0.2) is 22.2 Å². The Hall–Kier alpha value is -0.830. The smallest absolute Gasteiger partial charge is 0.112 e. The summed E-state index contributed by atoms with van der Waals surface area (Å²) in [5, 5.41) is 0. The number of hydrogen-bond acceptors (Lipinski definition) is 2. The quantitative estimate of drug-likeness (QED) is 0.886. The summed E-state index contributed by atoms with van der Waals surface area (Å²) in [6.07, 6.45) is 5.53. The molecule has 1 aliphatic heterocycles. The normalized spacial score (nSPS) is 38.4. The van der Waals surface area contributed by atoms with Crippen LogP contribution in [0.15, 0.2) is 0 Å². The zero-order chi connectivity index (χ0) is 13.6. The molecule has 3 rings (SSSR count). The van der Waals surface area contributed by atoms with Crippen LogP contribution in [-0.2, 0) is 17.6 Å². The van der Waals surface area contributed by atoms with E-state index in [-0.39, 0.29) is 6.10 Å².